The molecule has 1 unspecified atom stereocenters. The Bertz CT molecular complexity index is 231. The van der Waals surface area contributed by atoms with Crippen molar-refractivity contribution in [3.05, 3.63) is 0 Å². The summed E-state index contributed by atoms with van der Waals surface area (Å²) in [6, 6.07) is 0. The third-order valence-corrected chi connectivity index (χ3v) is 3.33. The number of hydrogen-bond donors (Lipinski definition) is 1. The lowest BCUT2D eigenvalue weighted by molar-refractivity contribution is -0.142. The van der Waals surface area contributed by atoms with Gasteiger partial charge >= 0.3 is 5.97 Å². The normalized spacial score (nSPS) is 13.2. The van der Waals surface area contributed by atoms with Gasteiger partial charge in [0, 0.05) is 19.8 Å². The zero-order chi connectivity index (χ0) is 14.7. The van der Waals surface area contributed by atoms with Crippen LogP contribution in [-0.2, 0) is 9.53 Å². The summed E-state index contributed by atoms with van der Waals surface area (Å²) in [5.74, 6) is -0.242. The van der Waals surface area contributed by atoms with E-state index in [-0.39, 0.29) is 5.92 Å². The summed E-state index contributed by atoms with van der Waals surface area (Å²) in [6.07, 6.45) is 3.82. The van der Waals surface area contributed by atoms with Crippen molar-refractivity contribution in [3.8, 4) is 0 Å². The molecule has 0 radical (unpaired) electrons. The second-order valence-electron chi connectivity index (χ2n) is 5.68. The van der Waals surface area contributed by atoms with Crippen molar-refractivity contribution in [1.82, 2.24) is 4.90 Å². The lowest BCUT2D eigenvalue weighted by atomic mass is 10.0. The Morgan fingerprint density at radius 3 is 2.26 bits per heavy atom. The molecule has 0 amide bonds. The molecule has 0 heterocycles. The van der Waals surface area contributed by atoms with Crippen LogP contribution in [0.2, 0.25) is 0 Å². The minimum atomic E-state index is -0.694. The SMILES string of the molecule is CCN(C)CC(CCCOCCCC(C)C)C(=O)O. The van der Waals surface area contributed by atoms with E-state index in [1.807, 2.05) is 18.9 Å². The van der Waals surface area contributed by atoms with Crippen molar-refractivity contribution in [2.45, 2.75) is 46.5 Å². The molecule has 0 aromatic carbocycles. The van der Waals surface area contributed by atoms with Crippen molar-refractivity contribution < 1.29 is 14.6 Å². The fraction of sp³-hybridized carbons (Fsp3) is 0.933. The first-order valence-electron chi connectivity index (χ1n) is 7.46. The standard InChI is InChI=1S/C15H31NO3/c1-5-16(4)12-14(15(17)18)9-7-11-19-10-6-8-13(2)3/h13-14H,5-12H2,1-4H3,(H,17,18). The zero-order valence-corrected chi connectivity index (χ0v) is 13.0. The molecule has 0 aliphatic heterocycles. The molecule has 4 nitrogen and oxygen atoms in total. The second kappa shape index (κ2) is 11.2. The van der Waals surface area contributed by atoms with Crippen LogP contribution in [-0.4, -0.2) is 49.3 Å². The molecule has 0 aliphatic carbocycles. The number of carboxylic acids is 1. The van der Waals surface area contributed by atoms with Crippen LogP contribution in [0, 0.1) is 11.8 Å². The lowest BCUT2D eigenvalue weighted by Crippen LogP contribution is -2.30. The Morgan fingerprint density at radius 2 is 1.79 bits per heavy atom. The van der Waals surface area contributed by atoms with E-state index in [0.717, 1.165) is 31.9 Å². The van der Waals surface area contributed by atoms with E-state index < -0.39 is 5.97 Å². The van der Waals surface area contributed by atoms with Crippen LogP contribution in [0.15, 0.2) is 0 Å². The third-order valence-electron chi connectivity index (χ3n) is 3.33. The maximum Gasteiger partial charge on any atom is 0.307 e. The van der Waals surface area contributed by atoms with Crippen molar-refractivity contribution in [2.24, 2.45) is 11.8 Å². The highest BCUT2D eigenvalue weighted by Gasteiger charge is 2.18. The van der Waals surface area contributed by atoms with Gasteiger partial charge in [0.25, 0.3) is 0 Å². The maximum absolute atomic E-state index is 11.1. The largest absolute Gasteiger partial charge is 0.481 e. The molecule has 0 spiro atoms. The Morgan fingerprint density at radius 1 is 1.21 bits per heavy atom. The van der Waals surface area contributed by atoms with Crippen LogP contribution < -0.4 is 0 Å². The molecule has 0 aliphatic rings. The van der Waals surface area contributed by atoms with Crippen molar-refractivity contribution in [1.29, 1.82) is 0 Å². The summed E-state index contributed by atoms with van der Waals surface area (Å²) in [7, 11) is 1.96. The summed E-state index contributed by atoms with van der Waals surface area (Å²) >= 11 is 0. The van der Waals surface area contributed by atoms with Gasteiger partial charge in [0.15, 0.2) is 0 Å². The van der Waals surface area contributed by atoms with Crippen LogP contribution in [0.3, 0.4) is 0 Å². The first kappa shape index (κ1) is 18.4. The van der Waals surface area contributed by atoms with Gasteiger partial charge in [-0.25, -0.2) is 0 Å². The van der Waals surface area contributed by atoms with Crippen LogP contribution in [0.5, 0.6) is 0 Å². The average Bonchev–Trinajstić information content (AvgIpc) is 2.35. The topological polar surface area (TPSA) is 49.8 Å². The van der Waals surface area contributed by atoms with Gasteiger partial charge in [0.2, 0.25) is 0 Å². The van der Waals surface area contributed by atoms with Crippen molar-refractivity contribution in [2.75, 3.05) is 33.4 Å². The molecule has 0 aromatic rings. The number of carbonyl (C=O) groups is 1. The van der Waals surface area contributed by atoms with E-state index in [2.05, 4.69) is 13.8 Å². The van der Waals surface area contributed by atoms with Crippen LogP contribution in [0.1, 0.15) is 46.5 Å². The molecule has 0 saturated heterocycles. The molecule has 1 N–H and O–H groups in total. The molecule has 1 atom stereocenters. The average molecular weight is 273 g/mol. The number of nitrogens with zero attached hydrogens (tertiary/aromatic N) is 1. The Labute approximate surface area is 118 Å². The number of aliphatic carboxylic acids is 1. The van der Waals surface area contributed by atoms with Crippen LogP contribution >= 0.6 is 0 Å². The van der Waals surface area contributed by atoms with Gasteiger partial charge in [0.05, 0.1) is 5.92 Å². The molecule has 114 valence electrons. The van der Waals surface area contributed by atoms with E-state index in [4.69, 9.17) is 9.84 Å². The smallest absolute Gasteiger partial charge is 0.307 e. The minimum Gasteiger partial charge on any atom is -0.481 e. The summed E-state index contributed by atoms with van der Waals surface area (Å²) in [6.45, 7) is 9.44. The van der Waals surface area contributed by atoms with E-state index in [0.29, 0.717) is 19.6 Å². The maximum atomic E-state index is 11.1. The molecule has 0 saturated carbocycles. The predicted octanol–water partition coefficient (Wildman–Crippen LogP) is 2.87. The molecule has 0 bridgehead atoms. The van der Waals surface area contributed by atoms with Gasteiger partial charge < -0.3 is 14.7 Å². The van der Waals surface area contributed by atoms with E-state index >= 15 is 0 Å². The van der Waals surface area contributed by atoms with Gasteiger partial charge in [-0.15, -0.1) is 0 Å². The highest BCUT2D eigenvalue weighted by atomic mass is 16.5. The molecule has 0 aromatic heterocycles. The summed E-state index contributed by atoms with van der Waals surface area (Å²) in [5.41, 5.74) is 0. The van der Waals surface area contributed by atoms with Gasteiger partial charge in [0.1, 0.15) is 0 Å². The molecule has 0 fully saturated rings. The second-order valence-corrected chi connectivity index (χ2v) is 5.68. The summed E-state index contributed by atoms with van der Waals surface area (Å²) in [5, 5.41) is 9.15. The highest BCUT2D eigenvalue weighted by Crippen LogP contribution is 2.09. The number of hydrogen-bond acceptors (Lipinski definition) is 3. The van der Waals surface area contributed by atoms with E-state index in [1.165, 1.54) is 6.42 Å². The Hall–Kier alpha value is -0.610. The molecule has 19 heavy (non-hydrogen) atoms. The Balaban J connectivity index is 3.62. The molecule has 4 heteroatoms. The van der Waals surface area contributed by atoms with E-state index in [1.54, 1.807) is 0 Å². The van der Waals surface area contributed by atoms with Gasteiger partial charge in [-0.3, -0.25) is 4.79 Å². The molecular weight excluding hydrogens is 242 g/mol. The number of rotatable bonds is 12. The minimum absolute atomic E-state index is 0.274. The first-order chi connectivity index (χ1) is 8.97. The van der Waals surface area contributed by atoms with Crippen LogP contribution in [0.4, 0.5) is 0 Å². The summed E-state index contributed by atoms with van der Waals surface area (Å²) in [4.78, 5) is 13.2. The predicted molar refractivity (Wildman–Crippen MR) is 78.4 cm³/mol. The third kappa shape index (κ3) is 11.0. The highest BCUT2D eigenvalue weighted by molar-refractivity contribution is 5.70. The van der Waals surface area contributed by atoms with Crippen LogP contribution in [0.25, 0.3) is 0 Å². The molecule has 0 rings (SSSR count). The molecular formula is C15H31NO3. The Kier molecular flexibility index (Phi) is 10.9. The lowest BCUT2D eigenvalue weighted by Gasteiger charge is -2.19. The first-order valence-corrected chi connectivity index (χ1v) is 7.46. The summed E-state index contributed by atoms with van der Waals surface area (Å²) < 4.78 is 5.54. The van der Waals surface area contributed by atoms with Gasteiger partial charge in [-0.1, -0.05) is 20.8 Å². The fourth-order valence-corrected chi connectivity index (χ4v) is 1.93. The monoisotopic (exact) mass is 273 g/mol. The quantitative estimate of drug-likeness (QED) is 0.555. The number of ether oxygens (including phenoxy) is 1. The number of carboxylic acid groups (broad SMARTS) is 1. The van der Waals surface area contributed by atoms with E-state index in [9.17, 15) is 4.79 Å². The van der Waals surface area contributed by atoms with Gasteiger partial charge in [-0.2, -0.15) is 0 Å². The fourth-order valence-electron chi connectivity index (χ4n) is 1.93. The zero-order valence-electron chi connectivity index (χ0n) is 13.0. The van der Waals surface area contributed by atoms with Crippen molar-refractivity contribution in [3.63, 3.8) is 0 Å². The van der Waals surface area contributed by atoms with Gasteiger partial charge in [-0.05, 0) is 45.2 Å². The van der Waals surface area contributed by atoms with Crippen molar-refractivity contribution >= 4 is 5.97 Å².